The van der Waals surface area contributed by atoms with E-state index in [1.807, 2.05) is 73.7 Å². The van der Waals surface area contributed by atoms with Gasteiger partial charge in [-0.3, -0.25) is 4.79 Å². The van der Waals surface area contributed by atoms with E-state index in [4.69, 9.17) is 11.6 Å². The molecule has 5 rings (SSSR count). The lowest BCUT2D eigenvalue weighted by Gasteiger charge is -2.36. The van der Waals surface area contributed by atoms with Crippen molar-refractivity contribution in [3.05, 3.63) is 148 Å². The lowest BCUT2D eigenvalue weighted by Crippen LogP contribution is -2.38. The van der Waals surface area contributed by atoms with Crippen molar-refractivity contribution in [1.29, 1.82) is 0 Å². The van der Waals surface area contributed by atoms with E-state index in [0.717, 1.165) is 22.3 Å². The summed E-state index contributed by atoms with van der Waals surface area (Å²) in [5.41, 5.74) is 3.99. The van der Waals surface area contributed by atoms with Crippen molar-refractivity contribution in [3.63, 3.8) is 0 Å². The molecule has 0 radical (unpaired) electrons. The Kier molecular flexibility index (Phi) is 6.85. The summed E-state index contributed by atoms with van der Waals surface area (Å²) in [5, 5.41) is 7.78. The van der Waals surface area contributed by atoms with Gasteiger partial charge in [0, 0.05) is 0 Å². The van der Waals surface area contributed by atoms with Gasteiger partial charge in [-0.15, -0.1) is 0 Å². The summed E-state index contributed by atoms with van der Waals surface area (Å²) in [6.07, 6.45) is 1.60. The van der Waals surface area contributed by atoms with Crippen molar-refractivity contribution < 1.29 is 4.79 Å². The van der Waals surface area contributed by atoms with Crippen LogP contribution in [0.4, 0.5) is 10.8 Å². The van der Waals surface area contributed by atoms with Crippen molar-refractivity contribution in [2.75, 3.05) is 10.6 Å². The molecule has 0 aliphatic carbocycles. The minimum atomic E-state index is -0.714. The quantitative estimate of drug-likeness (QED) is 0.220. The van der Waals surface area contributed by atoms with Gasteiger partial charge in [-0.2, -0.15) is 0 Å². The highest BCUT2D eigenvalue weighted by Gasteiger charge is 2.37. The number of halogens is 1. The third-order valence-electron chi connectivity index (χ3n) is 6.10. The second kappa shape index (κ2) is 10.4. The molecule has 0 unspecified atom stereocenters. The SMILES string of the molecule is Cc1cccc(Cl)c1NC(=O)c1cnc(NC(c2ccccc2)(c2ccccc2)c2ccccc2)s1. The third-order valence-corrected chi connectivity index (χ3v) is 7.33. The maximum atomic E-state index is 13.1. The third kappa shape index (κ3) is 4.63. The molecule has 4 nitrogen and oxygen atoms in total. The van der Waals surface area contributed by atoms with Crippen molar-refractivity contribution in [2.24, 2.45) is 0 Å². The second-order valence-corrected chi connectivity index (χ2v) is 9.83. The minimum absolute atomic E-state index is 0.249. The highest BCUT2D eigenvalue weighted by molar-refractivity contribution is 7.17. The zero-order valence-corrected chi connectivity index (χ0v) is 21.2. The summed E-state index contributed by atoms with van der Waals surface area (Å²) >= 11 is 7.62. The van der Waals surface area contributed by atoms with Gasteiger partial charge < -0.3 is 10.6 Å². The molecule has 0 fully saturated rings. The molecule has 36 heavy (non-hydrogen) atoms. The number of aromatic nitrogens is 1. The number of amides is 1. The number of hydrogen-bond acceptors (Lipinski definition) is 4. The van der Waals surface area contributed by atoms with Crippen LogP contribution in [0.25, 0.3) is 0 Å². The molecule has 0 saturated carbocycles. The number of para-hydroxylation sites is 1. The molecule has 0 aliphatic rings. The number of rotatable bonds is 7. The molecule has 6 heteroatoms. The highest BCUT2D eigenvalue weighted by atomic mass is 35.5. The Morgan fingerprint density at radius 1 is 0.778 bits per heavy atom. The van der Waals surface area contributed by atoms with Crippen LogP contribution in [0.15, 0.2) is 115 Å². The van der Waals surface area contributed by atoms with Gasteiger partial charge in [-0.05, 0) is 35.2 Å². The molecule has 0 aliphatic heterocycles. The molecule has 2 N–H and O–H groups in total. The van der Waals surface area contributed by atoms with Crippen LogP contribution in [0, 0.1) is 6.92 Å². The van der Waals surface area contributed by atoms with Crippen LogP contribution >= 0.6 is 22.9 Å². The molecule has 5 aromatic rings. The molecular weight excluding hydrogens is 486 g/mol. The summed E-state index contributed by atoms with van der Waals surface area (Å²) in [6, 6.07) is 36.4. The Hall–Kier alpha value is -3.93. The molecule has 0 bridgehead atoms. The number of benzene rings is 4. The zero-order valence-electron chi connectivity index (χ0n) is 19.6. The molecule has 0 saturated heterocycles. The predicted octanol–water partition coefficient (Wildman–Crippen LogP) is 7.76. The van der Waals surface area contributed by atoms with Gasteiger partial charge in [0.15, 0.2) is 5.13 Å². The normalized spacial score (nSPS) is 11.2. The molecule has 1 aromatic heterocycles. The number of nitrogens with zero attached hydrogens (tertiary/aromatic N) is 1. The molecule has 178 valence electrons. The van der Waals surface area contributed by atoms with Crippen molar-refractivity contribution in [2.45, 2.75) is 12.5 Å². The number of thiazole rings is 1. The summed E-state index contributed by atoms with van der Waals surface area (Å²) < 4.78 is 0. The fraction of sp³-hybridized carbons (Fsp3) is 0.0667. The Morgan fingerprint density at radius 2 is 1.31 bits per heavy atom. The van der Waals surface area contributed by atoms with Crippen molar-refractivity contribution in [3.8, 4) is 0 Å². The van der Waals surface area contributed by atoms with E-state index in [1.165, 1.54) is 11.3 Å². The van der Waals surface area contributed by atoms with Crippen LogP contribution in [-0.2, 0) is 5.54 Å². The summed E-state index contributed by atoms with van der Waals surface area (Å²) in [5.74, 6) is -0.249. The zero-order chi connectivity index (χ0) is 25.0. The number of carbonyl (C=O) groups is 1. The average molecular weight is 510 g/mol. The fourth-order valence-corrected chi connectivity index (χ4v) is 5.38. The van der Waals surface area contributed by atoms with E-state index in [9.17, 15) is 4.79 Å². The first-order valence-electron chi connectivity index (χ1n) is 11.5. The molecule has 0 spiro atoms. The van der Waals surface area contributed by atoms with E-state index in [-0.39, 0.29) is 5.91 Å². The predicted molar refractivity (Wildman–Crippen MR) is 149 cm³/mol. The molecule has 0 atom stereocenters. The standard InChI is InChI=1S/C30H24ClN3OS/c1-21-12-11-19-25(31)27(21)33-28(35)26-20-32-29(36-26)34-30(22-13-5-2-6-14-22,23-15-7-3-8-16-23)24-17-9-4-10-18-24/h2-20H,1H3,(H,32,34)(H,33,35). The minimum Gasteiger partial charge on any atom is -0.344 e. The maximum Gasteiger partial charge on any atom is 0.267 e. The summed E-state index contributed by atoms with van der Waals surface area (Å²) in [4.78, 5) is 18.2. The van der Waals surface area contributed by atoms with Gasteiger partial charge in [0.05, 0.1) is 16.9 Å². The van der Waals surface area contributed by atoms with Gasteiger partial charge in [0.2, 0.25) is 0 Å². The summed E-state index contributed by atoms with van der Waals surface area (Å²) in [7, 11) is 0. The van der Waals surface area contributed by atoms with Gasteiger partial charge in [0.25, 0.3) is 5.91 Å². The molecular formula is C30H24ClN3OS. The molecule has 4 aromatic carbocycles. The summed E-state index contributed by atoms with van der Waals surface area (Å²) in [6.45, 7) is 1.91. The topological polar surface area (TPSA) is 54.0 Å². The van der Waals surface area contributed by atoms with Gasteiger partial charge in [0.1, 0.15) is 10.4 Å². The van der Waals surface area contributed by atoms with Crippen molar-refractivity contribution in [1.82, 2.24) is 4.98 Å². The smallest absolute Gasteiger partial charge is 0.267 e. The van der Waals surface area contributed by atoms with Crippen LogP contribution < -0.4 is 10.6 Å². The van der Waals surface area contributed by atoms with E-state index in [0.29, 0.717) is 20.7 Å². The number of anilines is 2. The number of nitrogens with one attached hydrogen (secondary N) is 2. The largest absolute Gasteiger partial charge is 0.344 e. The first-order chi connectivity index (χ1) is 17.6. The highest BCUT2D eigenvalue weighted by Crippen LogP contribution is 2.41. The first kappa shape index (κ1) is 23.8. The van der Waals surface area contributed by atoms with Crippen LogP contribution in [0.5, 0.6) is 0 Å². The van der Waals surface area contributed by atoms with Crippen LogP contribution in [0.3, 0.4) is 0 Å². The monoisotopic (exact) mass is 509 g/mol. The number of aryl methyl sites for hydroxylation is 1. The Labute approximate surface area is 219 Å². The van der Waals surface area contributed by atoms with E-state index < -0.39 is 5.54 Å². The van der Waals surface area contributed by atoms with Crippen molar-refractivity contribution >= 4 is 39.7 Å². The first-order valence-corrected chi connectivity index (χ1v) is 12.7. The van der Waals surface area contributed by atoms with Crippen LogP contribution in [0.1, 0.15) is 31.9 Å². The maximum absolute atomic E-state index is 13.1. The molecule has 1 heterocycles. The Bertz CT molecular complexity index is 1350. The van der Waals surface area contributed by atoms with E-state index in [2.05, 4.69) is 52.0 Å². The van der Waals surface area contributed by atoms with Gasteiger partial charge >= 0.3 is 0 Å². The van der Waals surface area contributed by atoms with Gasteiger partial charge in [-0.25, -0.2) is 4.98 Å². The lowest BCUT2D eigenvalue weighted by molar-refractivity contribution is 0.103. The number of carbonyl (C=O) groups excluding carboxylic acids is 1. The second-order valence-electron chi connectivity index (χ2n) is 8.39. The van der Waals surface area contributed by atoms with E-state index in [1.54, 1.807) is 12.3 Å². The molecule has 1 amide bonds. The lowest BCUT2D eigenvalue weighted by atomic mass is 9.77. The number of hydrogen-bond donors (Lipinski definition) is 2. The average Bonchev–Trinajstić information content (AvgIpc) is 3.39. The van der Waals surface area contributed by atoms with Crippen LogP contribution in [-0.4, -0.2) is 10.9 Å². The van der Waals surface area contributed by atoms with Gasteiger partial charge in [-0.1, -0.05) is 126 Å². The fourth-order valence-electron chi connectivity index (χ4n) is 4.34. The Balaban J connectivity index is 1.56. The van der Waals surface area contributed by atoms with E-state index >= 15 is 0 Å². The Morgan fingerprint density at radius 3 is 1.81 bits per heavy atom. The van der Waals surface area contributed by atoms with Crippen LogP contribution in [0.2, 0.25) is 5.02 Å².